The highest BCUT2D eigenvalue weighted by molar-refractivity contribution is 5.66. The lowest BCUT2D eigenvalue weighted by Gasteiger charge is -2.30. The van der Waals surface area contributed by atoms with Gasteiger partial charge in [-0.1, -0.05) is 175 Å². The molecular weight excluding hydrogens is 454 g/mol. The van der Waals surface area contributed by atoms with Crippen LogP contribution in [0.1, 0.15) is 207 Å². The minimum atomic E-state index is -0.666. The molecule has 0 aliphatic heterocycles. The maximum atomic E-state index is 10.1. The Balaban J connectivity index is 0. The summed E-state index contributed by atoms with van der Waals surface area (Å²) in [6.07, 6.45) is 36.0. The highest BCUT2D eigenvalue weighted by Crippen LogP contribution is 2.27. The van der Waals surface area contributed by atoms with E-state index in [0.29, 0.717) is 6.42 Å². The molecule has 0 atom stereocenters. The van der Waals surface area contributed by atoms with Crippen molar-refractivity contribution in [2.75, 3.05) is 0 Å². The summed E-state index contributed by atoms with van der Waals surface area (Å²) in [5.41, 5.74) is 7.06. The maximum absolute atomic E-state index is 10.1. The van der Waals surface area contributed by atoms with Gasteiger partial charge in [0.05, 0.1) is 0 Å². The van der Waals surface area contributed by atoms with Crippen LogP contribution in [-0.4, -0.2) is 16.6 Å². The molecule has 0 unspecified atom stereocenters. The summed E-state index contributed by atoms with van der Waals surface area (Å²) >= 11 is 0. The highest BCUT2D eigenvalue weighted by Gasteiger charge is 2.23. The normalized spacial score (nSPS) is 11.4. The number of carboxylic acids is 1. The van der Waals surface area contributed by atoms with Crippen molar-refractivity contribution < 1.29 is 9.90 Å². The molecule has 0 radical (unpaired) electrons. The van der Waals surface area contributed by atoms with Crippen molar-refractivity contribution in [2.24, 2.45) is 5.73 Å². The zero-order chi connectivity index (χ0) is 27.9. The van der Waals surface area contributed by atoms with E-state index in [1.165, 1.54) is 161 Å². The lowest BCUT2D eigenvalue weighted by Crippen LogP contribution is -2.39. The van der Waals surface area contributed by atoms with Crippen molar-refractivity contribution >= 4 is 5.97 Å². The average molecular weight is 526 g/mol. The molecule has 0 aromatic carbocycles. The molecule has 3 N–H and O–H groups in total. The van der Waals surface area contributed by atoms with Crippen LogP contribution >= 0.6 is 0 Å². The summed E-state index contributed by atoms with van der Waals surface area (Å²) in [6.45, 7) is 9.07. The van der Waals surface area contributed by atoms with Crippen LogP contribution in [0.4, 0.5) is 0 Å². The fraction of sp³-hybridized carbons (Fsp3) is 0.971. The Hall–Kier alpha value is -0.570. The summed E-state index contributed by atoms with van der Waals surface area (Å²) in [7, 11) is 0. The minimum absolute atomic E-state index is 0.139. The van der Waals surface area contributed by atoms with Crippen molar-refractivity contribution in [2.45, 2.75) is 213 Å². The van der Waals surface area contributed by atoms with E-state index in [1.807, 2.05) is 0 Å². The molecule has 0 saturated carbocycles. The molecule has 0 aliphatic carbocycles. The van der Waals surface area contributed by atoms with Crippen LogP contribution in [0, 0.1) is 0 Å². The average Bonchev–Trinajstić information content (AvgIpc) is 2.88. The van der Waals surface area contributed by atoms with E-state index in [-0.39, 0.29) is 5.54 Å². The van der Waals surface area contributed by atoms with Crippen LogP contribution in [0.3, 0.4) is 0 Å². The molecule has 0 heterocycles. The summed E-state index contributed by atoms with van der Waals surface area (Å²) in [5, 5.41) is 8.32. The van der Waals surface area contributed by atoms with Gasteiger partial charge in [-0.3, -0.25) is 4.79 Å². The highest BCUT2D eigenvalue weighted by atomic mass is 16.4. The Bertz CT molecular complexity index is 397. The quantitative estimate of drug-likeness (QED) is 0.0998. The topological polar surface area (TPSA) is 63.3 Å². The summed E-state index contributed by atoms with van der Waals surface area (Å²) in [5.74, 6) is -0.666. The predicted octanol–water partition coefficient (Wildman–Crippen LogP) is 11.8. The molecule has 0 rings (SSSR count). The number of carbonyl (C=O) groups is 1. The number of unbranched alkanes of at least 4 members (excludes halogenated alkanes) is 20. The summed E-state index contributed by atoms with van der Waals surface area (Å²) in [4.78, 5) is 10.1. The van der Waals surface area contributed by atoms with E-state index in [1.54, 1.807) is 0 Å². The zero-order valence-electron chi connectivity index (χ0n) is 26.2. The third-order valence-electron chi connectivity index (χ3n) is 7.83. The predicted molar refractivity (Wildman–Crippen MR) is 167 cm³/mol. The Morgan fingerprint density at radius 1 is 0.459 bits per heavy atom. The molecule has 0 aromatic rings. The van der Waals surface area contributed by atoms with Gasteiger partial charge in [0.1, 0.15) is 0 Å². The summed E-state index contributed by atoms with van der Waals surface area (Å²) < 4.78 is 0. The first-order chi connectivity index (χ1) is 18.0. The Labute approximate surface area is 234 Å². The zero-order valence-corrected chi connectivity index (χ0v) is 26.2. The molecule has 0 amide bonds. The molecule has 37 heavy (non-hydrogen) atoms. The first-order valence-electron chi connectivity index (χ1n) is 17.0. The van der Waals surface area contributed by atoms with Gasteiger partial charge in [0.15, 0.2) is 0 Å². The van der Waals surface area contributed by atoms with Gasteiger partial charge in [-0.05, 0) is 25.7 Å². The SMILES string of the molecule is CCCCCCCCC(=O)O.CCCCCCCCC(N)(CCCCCCCC)CCCCCCCC. The second-order valence-corrected chi connectivity index (χ2v) is 11.8. The van der Waals surface area contributed by atoms with E-state index in [9.17, 15) is 4.79 Å². The lowest BCUT2D eigenvalue weighted by molar-refractivity contribution is -0.137. The van der Waals surface area contributed by atoms with Crippen molar-refractivity contribution in [1.29, 1.82) is 0 Å². The molecule has 0 aliphatic rings. The monoisotopic (exact) mass is 526 g/mol. The fourth-order valence-corrected chi connectivity index (χ4v) is 5.20. The molecule has 224 valence electrons. The third kappa shape index (κ3) is 33.4. The summed E-state index contributed by atoms with van der Waals surface area (Å²) in [6, 6.07) is 0. The maximum Gasteiger partial charge on any atom is 0.303 e. The van der Waals surface area contributed by atoms with Gasteiger partial charge in [-0.15, -0.1) is 0 Å². The van der Waals surface area contributed by atoms with Crippen molar-refractivity contribution in [1.82, 2.24) is 0 Å². The lowest BCUT2D eigenvalue weighted by atomic mass is 9.82. The van der Waals surface area contributed by atoms with Gasteiger partial charge in [-0.2, -0.15) is 0 Å². The molecule has 3 heteroatoms. The molecule has 0 aromatic heterocycles. The third-order valence-corrected chi connectivity index (χ3v) is 7.83. The Kier molecular flexibility index (Phi) is 33.0. The van der Waals surface area contributed by atoms with Crippen LogP contribution in [0.2, 0.25) is 0 Å². The molecule has 0 spiro atoms. The second kappa shape index (κ2) is 31.6. The van der Waals surface area contributed by atoms with Gasteiger partial charge >= 0.3 is 5.97 Å². The number of hydrogen-bond donors (Lipinski definition) is 2. The van der Waals surface area contributed by atoms with E-state index in [2.05, 4.69) is 27.7 Å². The molecular formula is C34H71NO2. The number of carboxylic acid groups (broad SMARTS) is 1. The number of nitrogens with two attached hydrogens (primary N) is 1. The van der Waals surface area contributed by atoms with Gasteiger partial charge in [0.2, 0.25) is 0 Å². The van der Waals surface area contributed by atoms with Gasteiger partial charge in [0, 0.05) is 12.0 Å². The molecule has 0 bridgehead atoms. The first-order valence-corrected chi connectivity index (χ1v) is 17.0. The van der Waals surface area contributed by atoms with Crippen LogP contribution in [0.15, 0.2) is 0 Å². The van der Waals surface area contributed by atoms with Gasteiger partial charge < -0.3 is 10.8 Å². The Morgan fingerprint density at radius 3 is 0.973 bits per heavy atom. The van der Waals surface area contributed by atoms with Crippen LogP contribution in [-0.2, 0) is 4.79 Å². The van der Waals surface area contributed by atoms with E-state index < -0.39 is 5.97 Å². The number of aliphatic carboxylic acids is 1. The van der Waals surface area contributed by atoms with Crippen molar-refractivity contribution in [3.63, 3.8) is 0 Å². The van der Waals surface area contributed by atoms with Crippen molar-refractivity contribution in [3.8, 4) is 0 Å². The van der Waals surface area contributed by atoms with Crippen LogP contribution in [0.25, 0.3) is 0 Å². The number of hydrogen-bond acceptors (Lipinski definition) is 2. The molecule has 3 nitrogen and oxygen atoms in total. The van der Waals surface area contributed by atoms with Gasteiger partial charge in [-0.25, -0.2) is 0 Å². The fourth-order valence-electron chi connectivity index (χ4n) is 5.20. The van der Waals surface area contributed by atoms with Crippen LogP contribution < -0.4 is 5.73 Å². The first kappa shape index (κ1) is 38.6. The minimum Gasteiger partial charge on any atom is -0.481 e. The second-order valence-electron chi connectivity index (χ2n) is 11.8. The molecule has 0 fully saturated rings. The largest absolute Gasteiger partial charge is 0.481 e. The van der Waals surface area contributed by atoms with Crippen LogP contribution in [0.5, 0.6) is 0 Å². The van der Waals surface area contributed by atoms with E-state index in [4.69, 9.17) is 10.8 Å². The van der Waals surface area contributed by atoms with E-state index in [0.717, 1.165) is 12.8 Å². The van der Waals surface area contributed by atoms with E-state index >= 15 is 0 Å². The molecule has 0 saturated heterocycles. The van der Waals surface area contributed by atoms with Crippen molar-refractivity contribution in [3.05, 3.63) is 0 Å². The van der Waals surface area contributed by atoms with Gasteiger partial charge in [0.25, 0.3) is 0 Å². The smallest absolute Gasteiger partial charge is 0.303 e. The number of rotatable bonds is 28. The standard InChI is InChI=1S/C25H53N.C9H18O2/c1-4-7-10-13-16-19-22-25(26,23-20-17-14-11-8-5-2)24-21-18-15-12-9-6-3;1-2-3-4-5-6-7-8-9(10)11/h4-24,26H2,1-3H3;2-8H2,1H3,(H,10,11). The Morgan fingerprint density at radius 2 is 0.703 bits per heavy atom.